The number of carbonyl (C=O) groups is 3. The number of rotatable bonds is 2. The second-order valence-corrected chi connectivity index (χ2v) is 9.55. The Morgan fingerprint density at radius 1 is 1.10 bits per heavy atom. The number of hydrogen-bond donors (Lipinski definition) is 1. The van der Waals surface area contributed by atoms with Gasteiger partial charge in [-0.1, -0.05) is 26.8 Å². The van der Waals surface area contributed by atoms with Crippen molar-refractivity contribution in [3.8, 4) is 0 Å². The average Bonchev–Trinajstić information content (AvgIpc) is 2.97. The second-order valence-electron chi connectivity index (χ2n) is 9.55. The lowest BCUT2D eigenvalue weighted by atomic mass is 9.84. The van der Waals surface area contributed by atoms with Crippen LogP contribution in [0.5, 0.6) is 0 Å². The number of nitrogens with one attached hydrogen (secondary N) is 1. The first kappa shape index (κ1) is 19.9. The molecule has 2 saturated heterocycles. The molecule has 7 heteroatoms. The molecular weight excluding hydrogens is 368 g/mol. The summed E-state index contributed by atoms with van der Waals surface area (Å²) >= 11 is 0. The van der Waals surface area contributed by atoms with Gasteiger partial charge in [-0.3, -0.25) is 24.6 Å². The zero-order chi connectivity index (χ0) is 20.9. The minimum Gasteiger partial charge on any atom is -0.369 e. The van der Waals surface area contributed by atoms with Crippen molar-refractivity contribution >= 4 is 23.4 Å². The molecule has 1 aromatic rings. The molecule has 1 N–H and O–H groups in total. The highest BCUT2D eigenvalue weighted by Crippen LogP contribution is 2.33. The van der Waals surface area contributed by atoms with E-state index in [0.717, 1.165) is 30.9 Å². The molecule has 0 aliphatic carbocycles. The van der Waals surface area contributed by atoms with Crippen LogP contribution in [-0.2, 0) is 16.1 Å². The maximum absolute atomic E-state index is 13.1. The number of hydrogen-bond acceptors (Lipinski definition) is 5. The molecule has 3 heterocycles. The van der Waals surface area contributed by atoms with Gasteiger partial charge in [0.15, 0.2) is 0 Å². The number of piperidine rings is 1. The summed E-state index contributed by atoms with van der Waals surface area (Å²) in [5.41, 5.74) is 2.86. The fourth-order valence-electron chi connectivity index (χ4n) is 4.78. The summed E-state index contributed by atoms with van der Waals surface area (Å²) in [4.78, 5) is 43.1. The number of benzene rings is 1. The maximum atomic E-state index is 13.1. The molecule has 0 bridgehead atoms. The van der Waals surface area contributed by atoms with E-state index in [0.29, 0.717) is 24.6 Å². The van der Waals surface area contributed by atoms with Crippen molar-refractivity contribution in [3.05, 3.63) is 29.3 Å². The first-order valence-corrected chi connectivity index (χ1v) is 10.4. The molecular formula is C22H30N4O3. The summed E-state index contributed by atoms with van der Waals surface area (Å²) in [6.07, 6.45) is 0.667. The molecule has 7 nitrogen and oxygen atoms in total. The Hall–Kier alpha value is -2.41. The van der Waals surface area contributed by atoms with Crippen LogP contribution in [0.3, 0.4) is 0 Å². The topological polar surface area (TPSA) is 73.0 Å². The van der Waals surface area contributed by atoms with Gasteiger partial charge in [0.1, 0.15) is 6.04 Å². The van der Waals surface area contributed by atoms with Crippen molar-refractivity contribution in [1.82, 2.24) is 15.1 Å². The van der Waals surface area contributed by atoms with E-state index >= 15 is 0 Å². The molecule has 2 atom stereocenters. The van der Waals surface area contributed by atoms with Crippen molar-refractivity contribution in [1.29, 1.82) is 0 Å². The van der Waals surface area contributed by atoms with Crippen molar-refractivity contribution in [2.24, 2.45) is 5.41 Å². The molecule has 0 spiro atoms. The molecule has 156 valence electrons. The van der Waals surface area contributed by atoms with Gasteiger partial charge >= 0.3 is 0 Å². The van der Waals surface area contributed by atoms with Crippen LogP contribution < -0.4 is 10.2 Å². The van der Waals surface area contributed by atoms with E-state index in [-0.39, 0.29) is 29.6 Å². The van der Waals surface area contributed by atoms with Gasteiger partial charge in [-0.25, -0.2) is 0 Å². The van der Waals surface area contributed by atoms with E-state index in [1.807, 2.05) is 12.1 Å². The number of anilines is 1. The number of fused-ring (bicyclic) bond motifs is 1. The van der Waals surface area contributed by atoms with Crippen LogP contribution in [0, 0.1) is 5.41 Å². The zero-order valence-corrected chi connectivity index (χ0v) is 17.7. The normalized spacial score (nSPS) is 26.0. The second kappa shape index (κ2) is 7.13. The molecule has 0 saturated carbocycles. The van der Waals surface area contributed by atoms with Gasteiger partial charge in [0.05, 0.1) is 0 Å². The number of amides is 3. The Labute approximate surface area is 172 Å². The number of likely N-dealkylation sites (N-methyl/N-ethyl adjacent to an activating group) is 1. The van der Waals surface area contributed by atoms with Gasteiger partial charge in [0, 0.05) is 49.9 Å². The van der Waals surface area contributed by atoms with Gasteiger partial charge < -0.3 is 9.80 Å². The number of imide groups is 1. The predicted molar refractivity (Wildman–Crippen MR) is 111 cm³/mol. The van der Waals surface area contributed by atoms with Crippen molar-refractivity contribution in [2.45, 2.75) is 52.2 Å². The fourth-order valence-corrected chi connectivity index (χ4v) is 4.78. The van der Waals surface area contributed by atoms with Gasteiger partial charge in [0.25, 0.3) is 5.91 Å². The molecule has 2 fully saturated rings. The quantitative estimate of drug-likeness (QED) is 0.767. The number of carbonyl (C=O) groups excluding carboxylic acids is 3. The summed E-state index contributed by atoms with van der Waals surface area (Å²) in [5, 5.41) is 2.36. The molecule has 0 aromatic heterocycles. The highest BCUT2D eigenvalue weighted by molar-refractivity contribution is 6.05. The molecule has 3 amide bonds. The minimum absolute atomic E-state index is 0.113. The molecule has 29 heavy (non-hydrogen) atoms. The van der Waals surface area contributed by atoms with Gasteiger partial charge in [-0.15, -0.1) is 0 Å². The van der Waals surface area contributed by atoms with Gasteiger partial charge in [-0.2, -0.15) is 0 Å². The molecule has 4 rings (SSSR count). The van der Waals surface area contributed by atoms with E-state index in [1.54, 1.807) is 4.90 Å². The van der Waals surface area contributed by atoms with Crippen LogP contribution in [0.4, 0.5) is 5.69 Å². The predicted octanol–water partition coefficient (Wildman–Crippen LogP) is 1.61. The SMILES string of the molecule is CN1CCN(c2ccc3c(c2)C(=O)N(C2CCC(=O)NC2=O)C3)CC1C(C)(C)C. The largest absolute Gasteiger partial charge is 0.369 e. The molecule has 3 aliphatic heterocycles. The monoisotopic (exact) mass is 398 g/mol. The molecule has 2 unspecified atom stereocenters. The lowest BCUT2D eigenvalue weighted by Gasteiger charge is -2.46. The number of nitrogens with zero attached hydrogens (tertiary/aromatic N) is 3. The van der Waals surface area contributed by atoms with Crippen molar-refractivity contribution in [2.75, 3.05) is 31.6 Å². The maximum Gasteiger partial charge on any atom is 0.255 e. The Morgan fingerprint density at radius 2 is 1.86 bits per heavy atom. The average molecular weight is 399 g/mol. The third-order valence-electron chi connectivity index (χ3n) is 6.52. The Bertz CT molecular complexity index is 860. The first-order valence-electron chi connectivity index (χ1n) is 10.4. The number of piperazine rings is 1. The van der Waals surface area contributed by atoms with Crippen LogP contribution >= 0.6 is 0 Å². The minimum atomic E-state index is -0.565. The lowest BCUT2D eigenvalue weighted by molar-refractivity contribution is -0.136. The van der Waals surface area contributed by atoms with Crippen LogP contribution in [0.25, 0.3) is 0 Å². The summed E-state index contributed by atoms with van der Waals surface area (Å²) in [6, 6.07) is 5.95. The smallest absolute Gasteiger partial charge is 0.255 e. The Balaban J connectivity index is 1.54. The lowest BCUT2D eigenvalue weighted by Crippen LogP contribution is -2.56. The van der Waals surface area contributed by atoms with Gasteiger partial charge in [0.2, 0.25) is 11.8 Å². The first-order chi connectivity index (χ1) is 13.6. The Kier molecular flexibility index (Phi) is 4.89. The summed E-state index contributed by atoms with van der Waals surface area (Å²) in [7, 11) is 2.18. The van der Waals surface area contributed by atoms with Crippen molar-refractivity contribution < 1.29 is 14.4 Å². The van der Waals surface area contributed by atoms with Crippen LogP contribution in [0.15, 0.2) is 18.2 Å². The van der Waals surface area contributed by atoms with Crippen LogP contribution in [-0.4, -0.2) is 66.3 Å². The van der Waals surface area contributed by atoms with Gasteiger partial charge in [-0.05, 0) is 36.6 Å². The molecule has 3 aliphatic rings. The van der Waals surface area contributed by atoms with Crippen LogP contribution in [0.1, 0.15) is 49.5 Å². The van der Waals surface area contributed by atoms with E-state index in [4.69, 9.17) is 0 Å². The Morgan fingerprint density at radius 3 is 2.55 bits per heavy atom. The molecule has 0 radical (unpaired) electrons. The fraction of sp³-hybridized carbons (Fsp3) is 0.591. The molecule has 1 aromatic carbocycles. The van der Waals surface area contributed by atoms with Crippen LogP contribution in [0.2, 0.25) is 0 Å². The standard InChI is InChI=1S/C22H30N4O3/c1-22(2,3)18-13-25(10-9-24(18)4)15-6-5-14-12-26(21(29)16(14)11-15)17-7-8-19(27)23-20(17)28/h5-6,11,17-18H,7-10,12-13H2,1-4H3,(H,23,27,28). The van der Waals surface area contributed by atoms with Crippen molar-refractivity contribution in [3.63, 3.8) is 0 Å². The zero-order valence-electron chi connectivity index (χ0n) is 17.7. The highest BCUT2D eigenvalue weighted by atomic mass is 16.2. The van der Waals surface area contributed by atoms with E-state index in [9.17, 15) is 14.4 Å². The van der Waals surface area contributed by atoms with E-state index in [2.05, 4.69) is 49.0 Å². The van der Waals surface area contributed by atoms with E-state index < -0.39 is 6.04 Å². The summed E-state index contributed by atoms with van der Waals surface area (Å²) in [5.74, 6) is -0.742. The highest BCUT2D eigenvalue weighted by Gasteiger charge is 2.40. The third kappa shape index (κ3) is 3.64. The third-order valence-corrected chi connectivity index (χ3v) is 6.52. The summed E-state index contributed by atoms with van der Waals surface area (Å²) in [6.45, 7) is 10.0. The summed E-state index contributed by atoms with van der Waals surface area (Å²) < 4.78 is 0. The van der Waals surface area contributed by atoms with E-state index in [1.165, 1.54) is 0 Å².